The molecule has 1 aromatic heterocycles. The molecule has 3 aliphatic rings. The van der Waals surface area contributed by atoms with E-state index < -0.39 is 16.8 Å². The van der Waals surface area contributed by atoms with Crippen molar-refractivity contribution in [2.75, 3.05) is 45.2 Å². The SMILES string of the molecule is COc1ccc(CCN2CCC(Nc3nc4ccccc4n3Cc3ccc(F)cc3)CC2)cc1.C[C@@H]1CN([C@H]2CC[C@](C#N)(c3ccc(F)cc3)CC2)CC[C@]1(C(=O)O)c1ccccc1.Cl.Cl. The summed E-state index contributed by atoms with van der Waals surface area (Å²) >= 11 is 0. The van der Waals surface area contributed by atoms with Crippen molar-refractivity contribution in [3.05, 3.63) is 161 Å². The molecule has 0 unspecified atom stereocenters. The molecule has 0 radical (unpaired) electrons. The van der Waals surface area contributed by atoms with Gasteiger partial charge in [-0.15, -0.1) is 24.8 Å². The second-order valence-corrected chi connectivity index (χ2v) is 18.2. The van der Waals surface area contributed by atoms with E-state index in [0.29, 0.717) is 25.0 Å². The number of imidazole rings is 1. The zero-order valence-electron chi connectivity index (χ0n) is 38.3. The van der Waals surface area contributed by atoms with Crippen LogP contribution < -0.4 is 10.1 Å². The van der Waals surface area contributed by atoms with E-state index >= 15 is 0 Å². The zero-order valence-corrected chi connectivity index (χ0v) is 40.0. The fourth-order valence-electron chi connectivity index (χ4n) is 10.5. The van der Waals surface area contributed by atoms with Crippen LogP contribution in [0.1, 0.15) is 74.1 Å². The van der Waals surface area contributed by atoms with Gasteiger partial charge >= 0.3 is 5.97 Å². The number of carboxylic acids is 1. The van der Waals surface area contributed by atoms with Crippen LogP contribution in [0.25, 0.3) is 11.0 Å². The number of hydrogen-bond donors (Lipinski definition) is 2. The lowest BCUT2D eigenvalue weighted by Gasteiger charge is -2.48. The number of aliphatic carboxylic acids is 1. The third-order valence-corrected chi connectivity index (χ3v) is 14.5. The van der Waals surface area contributed by atoms with Gasteiger partial charge in [-0.25, -0.2) is 13.8 Å². The molecule has 3 fully saturated rings. The minimum Gasteiger partial charge on any atom is -0.497 e. The number of nitriles is 1. The molecule has 1 aliphatic carbocycles. The molecule has 67 heavy (non-hydrogen) atoms. The summed E-state index contributed by atoms with van der Waals surface area (Å²) in [6.07, 6.45) is 7.08. The molecule has 9 rings (SSSR count). The Morgan fingerprint density at radius 2 is 1.40 bits per heavy atom. The van der Waals surface area contributed by atoms with Crippen LogP contribution in [0.4, 0.5) is 14.7 Å². The minimum atomic E-state index is -0.850. The Bertz CT molecular complexity index is 2540. The largest absolute Gasteiger partial charge is 0.497 e. The van der Waals surface area contributed by atoms with Crippen molar-refractivity contribution in [2.24, 2.45) is 5.92 Å². The van der Waals surface area contributed by atoms with Crippen LogP contribution in [0, 0.1) is 28.9 Å². The molecule has 6 aromatic rings. The van der Waals surface area contributed by atoms with Gasteiger partial charge in [-0.3, -0.25) is 4.79 Å². The molecule has 2 atom stereocenters. The number of hydrogen-bond acceptors (Lipinski definition) is 7. The molecular formula is C54H62Cl2F2N6O3. The number of benzene rings is 5. The molecule has 2 saturated heterocycles. The number of rotatable bonds is 12. The predicted octanol–water partition coefficient (Wildman–Crippen LogP) is 11.1. The zero-order chi connectivity index (χ0) is 45.4. The fourth-order valence-corrected chi connectivity index (χ4v) is 10.5. The number of carboxylic acid groups (broad SMARTS) is 1. The standard InChI is InChI=1S/C28H31FN4O.C26H29FN2O2.2ClH/c1-34-25-12-8-21(9-13-25)14-17-32-18-15-24(16-19-32)30-28-31-26-4-2-3-5-27(26)33(28)20-22-6-10-23(29)11-7-22;1-19-17-29(16-15-26(19,24(30)31)21-5-3-2-4-6-21)23-11-13-25(18-28,14-12-23)20-7-9-22(27)10-8-20;;/h2-13,24H,14-20H2,1H3,(H,30,31);2-10,19,23H,11-17H2,1H3,(H,30,31);2*1H/t;19-,23-,25-,26-;;/m.1../s1. The highest BCUT2D eigenvalue weighted by Crippen LogP contribution is 2.45. The Hall–Kier alpha value is -5.51. The van der Waals surface area contributed by atoms with Gasteiger partial charge in [0.15, 0.2) is 0 Å². The minimum absolute atomic E-state index is 0. The van der Waals surface area contributed by atoms with E-state index in [4.69, 9.17) is 9.72 Å². The summed E-state index contributed by atoms with van der Waals surface area (Å²) in [6, 6.07) is 42.5. The van der Waals surface area contributed by atoms with E-state index in [2.05, 4.69) is 44.0 Å². The van der Waals surface area contributed by atoms with E-state index in [1.54, 1.807) is 19.2 Å². The van der Waals surface area contributed by atoms with Crippen molar-refractivity contribution in [2.45, 2.75) is 87.7 Å². The first-order valence-electron chi connectivity index (χ1n) is 23.1. The second-order valence-electron chi connectivity index (χ2n) is 18.2. The quantitative estimate of drug-likeness (QED) is 0.125. The first kappa shape index (κ1) is 50.9. The number of para-hydroxylation sites is 2. The monoisotopic (exact) mass is 950 g/mol. The van der Waals surface area contributed by atoms with Gasteiger partial charge in [0.05, 0.1) is 41.6 Å². The Labute approximate surface area is 406 Å². The normalized spacial score (nSPS) is 22.3. The number of halogens is 4. The maximum atomic E-state index is 13.4. The van der Waals surface area contributed by atoms with Gasteiger partial charge in [-0.2, -0.15) is 5.26 Å². The number of piperidine rings is 2. The number of anilines is 1. The molecule has 2 aliphatic heterocycles. The lowest BCUT2D eigenvalue weighted by Crippen LogP contribution is -2.56. The number of carbonyl (C=O) groups is 1. The third-order valence-electron chi connectivity index (χ3n) is 14.5. The highest BCUT2D eigenvalue weighted by molar-refractivity contribution is 5.85. The van der Waals surface area contributed by atoms with Crippen molar-refractivity contribution >= 4 is 47.8 Å². The topological polar surface area (TPSA) is 107 Å². The van der Waals surface area contributed by atoms with Crippen LogP contribution in [0.15, 0.2) is 127 Å². The highest BCUT2D eigenvalue weighted by Gasteiger charge is 2.50. The average molecular weight is 952 g/mol. The summed E-state index contributed by atoms with van der Waals surface area (Å²) < 4.78 is 34.2. The first-order chi connectivity index (χ1) is 31.6. The molecule has 9 nitrogen and oxygen atoms in total. The van der Waals surface area contributed by atoms with Crippen LogP contribution in [0.3, 0.4) is 0 Å². The van der Waals surface area contributed by atoms with Gasteiger partial charge in [0.25, 0.3) is 0 Å². The molecule has 1 saturated carbocycles. The molecule has 2 N–H and O–H groups in total. The smallest absolute Gasteiger partial charge is 0.314 e. The maximum Gasteiger partial charge on any atom is 0.314 e. The van der Waals surface area contributed by atoms with E-state index in [1.165, 1.54) is 29.8 Å². The number of fused-ring (bicyclic) bond motifs is 1. The molecule has 0 bridgehead atoms. The number of methoxy groups -OCH3 is 1. The van der Waals surface area contributed by atoms with Crippen LogP contribution in [0.5, 0.6) is 5.75 Å². The first-order valence-corrected chi connectivity index (χ1v) is 23.1. The number of ether oxygens (including phenoxy) is 1. The average Bonchev–Trinajstić information content (AvgIpc) is 3.68. The lowest BCUT2D eigenvalue weighted by atomic mass is 9.65. The molecular weight excluding hydrogens is 890 g/mol. The number of likely N-dealkylation sites (tertiary alicyclic amines) is 2. The van der Waals surface area contributed by atoms with E-state index in [0.717, 1.165) is 117 Å². The van der Waals surface area contributed by atoms with Crippen LogP contribution in [-0.2, 0) is 28.6 Å². The van der Waals surface area contributed by atoms with E-state index in [9.17, 15) is 23.9 Å². The lowest BCUT2D eigenvalue weighted by molar-refractivity contribution is -0.149. The van der Waals surface area contributed by atoms with Gasteiger partial charge < -0.3 is 29.5 Å². The Kier molecular flexibility index (Phi) is 17.5. The molecule has 13 heteroatoms. The number of nitrogens with one attached hydrogen (secondary N) is 1. The molecule has 3 heterocycles. The predicted molar refractivity (Wildman–Crippen MR) is 267 cm³/mol. The van der Waals surface area contributed by atoms with Crippen molar-refractivity contribution in [1.29, 1.82) is 5.26 Å². The summed E-state index contributed by atoms with van der Waals surface area (Å²) in [5, 5.41) is 23.8. The summed E-state index contributed by atoms with van der Waals surface area (Å²) in [5.74, 6) is 0.544. The highest BCUT2D eigenvalue weighted by atomic mass is 35.5. The molecule has 354 valence electrons. The number of aromatic nitrogens is 2. The van der Waals surface area contributed by atoms with E-state index in [-0.39, 0.29) is 42.4 Å². The summed E-state index contributed by atoms with van der Waals surface area (Å²) in [5.41, 5.74) is 4.85. The summed E-state index contributed by atoms with van der Waals surface area (Å²) in [6.45, 7) is 7.41. The summed E-state index contributed by atoms with van der Waals surface area (Å²) in [4.78, 5) is 22.3. The van der Waals surface area contributed by atoms with Crippen LogP contribution in [-0.4, -0.2) is 82.3 Å². The van der Waals surface area contributed by atoms with Crippen molar-refractivity contribution in [3.8, 4) is 11.8 Å². The van der Waals surface area contributed by atoms with Crippen molar-refractivity contribution in [1.82, 2.24) is 19.4 Å². The molecule has 5 aromatic carbocycles. The Morgan fingerprint density at radius 3 is 2.01 bits per heavy atom. The van der Waals surface area contributed by atoms with Gasteiger partial charge in [0.2, 0.25) is 5.95 Å². The van der Waals surface area contributed by atoms with E-state index in [1.807, 2.05) is 79.7 Å². The fraction of sp³-hybridized carbons (Fsp3) is 0.389. The third kappa shape index (κ3) is 11.6. The molecule has 0 spiro atoms. The Balaban J connectivity index is 0.000000216. The van der Waals surface area contributed by atoms with Crippen LogP contribution >= 0.6 is 24.8 Å². The van der Waals surface area contributed by atoms with Gasteiger partial charge in [-0.05, 0) is 135 Å². The Morgan fingerprint density at radius 1 is 0.791 bits per heavy atom. The van der Waals surface area contributed by atoms with Crippen LogP contribution in [0.2, 0.25) is 0 Å². The summed E-state index contributed by atoms with van der Waals surface area (Å²) in [7, 11) is 1.70. The van der Waals surface area contributed by atoms with Crippen molar-refractivity contribution in [3.63, 3.8) is 0 Å². The van der Waals surface area contributed by atoms with Gasteiger partial charge in [-0.1, -0.05) is 85.8 Å². The second kappa shape index (κ2) is 23.0. The molecule has 0 amide bonds. The number of nitrogens with zero attached hydrogens (tertiary/aromatic N) is 5. The van der Waals surface area contributed by atoms with Gasteiger partial charge in [0.1, 0.15) is 17.4 Å². The van der Waals surface area contributed by atoms with Gasteiger partial charge in [0, 0.05) is 38.3 Å². The maximum absolute atomic E-state index is 13.4. The van der Waals surface area contributed by atoms with Crippen molar-refractivity contribution < 1.29 is 23.4 Å².